The first-order chi connectivity index (χ1) is 10.1. The van der Waals surface area contributed by atoms with Gasteiger partial charge in [-0.2, -0.15) is 5.10 Å². The molecule has 3 rings (SSSR count). The van der Waals surface area contributed by atoms with Crippen LogP contribution in [-0.4, -0.2) is 69.4 Å². The third-order valence-corrected chi connectivity index (χ3v) is 4.58. The van der Waals surface area contributed by atoms with Crippen LogP contribution in [0.2, 0.25) is 0 Å². The SMILES string of the molecule is CN1CCN(C(=O)C2CCC2)C[C@](O)(Cn2cccn2)C1. The van der Waals surface area contributed by atoms with Gasteiger partial charge in [-0.1, -0.05) is 6.42 Å². The van der Waals surface area contributed by atoms with Crippen molar-refractivity contribution in [3.05, 3.63) is 18.5 Å². The summed E-state index contributed by atoms with van der Waals surface area (Å²) in [7, 11) is 1.99. The minimum absolute atomic E-state index is 0.183. The lowest BCUT2D eigenvalue weighted by Crippen LogP contribution is -2.52. The number of carbonyl (C=O) groups is 1. The molecule has 0 aromatic carbocycles. The zero-order valence-corrected chi connectivity index (χ0v) is 12.6. The molecule has 0 spiro atoms. The standard InChI is InChI=1S/C15H24N4O2/c1-17-8-9-18(14(20)13-4-2-5-13)11-15(21,10-17)12-19-7-3-6-16-19/h3,6-7,13,21H,2,4-5,8-12H2,1H3/t15-/m0/s1. The van der Waals surface area contributed by atoms with Crippen LogP contribution >= 0.6 is 0 Å². The summed E-state index contributed by atoms with van der Waals surface area (Å²) < 4.78 is 1.74. The van der Waals surface area contributed by atoms with E-state index in [4.69, 9.17) is 0 Å². The quantitative estimate of drug-likeness (QED) is 0.864. The van der Waals surface area contributed by atoms with Crippen LogP contribution in [0.3, 0.4) is 0 Å². The Balaban J connectivity index is 1.73. The number of aromatic nitrogens is 2. The molecule has 1 amide bonds. The van der Waals surface area contributed by atoms with Gasteiger partial charge in [0.2, 0.25) is 5.91 Å². The smallest absolute Gasteiger partial charge is 0.225 e. The average molecular weight is 292 g/mol. The van der Waals surface area contributed by atoms with Crippen molar-refractivity contribution in [2.75, 3.05) is 33.2 Å². The van der Waals surface area contributed by atoms with Crippen LogP contribution in [0.5, 0.6) is 0 Å². The maximum Gasteiger partial charge on any atom is 0.225 e. The van der Waals surface area contributed by atoms with Crippen LogP contribution in [-0.2, 0) is 11.3 Å². The third kappa shape index (κ3) is 3.27. The number of β-amino-alcohol motifs (C(OH)–C–C–N with tert-alkyl or cyclic N) is 1. The van der Waals surface area contributed by atoms with Crippen molar-refractivity contribution < 1.29 is 9.90 Å². The van der Waals surface area contributed by atoms with Gasteiger partial charge in [-0.05, 0) is 26.0 Å². The molecular weight excluding hydrogens is 268 g/mol. The van der Waals surface area contributed by atoms with Crippen molar-refractivity contribution in [3.63, 3.8) is 0 Å². The fraction of sp³-hybridized carbons (Fsp3) is 0.733. The van der Waals surface area contributed by atoms with Gasteiger partial charge in [0.15, 0.2) is 0 Å². The molecule has 1 N–H and O–H groups in total. The predicted molar refractivity (Wildman–Crippen MR) is 78.6 cm³/mol. The van der Waals surface area contributed by atoms with Crippen LogP contribution in [0.1, 0.15) is 19.3 Å². The van der Waals surface area contributed by atoms with Gasteiger partial charge in [0.1, 0.15) is 5.60 Å². The number of nitrogens with zero attached hydrogens (tertiary/aromatic N) is 4. The normalized spacial score (nSPS) is 28.2. The molecule has 0 bridgehead atoms. The Morgan fingerprint density at radius 3 is 2.81 bits per heavy atom. The van der Waals surface area contributed by atoms with E-state index in [9.17, 15) is 9.90 Å². The van der Waals surface area contributed by atoms with Crippen LogP contribution in [0.4, 0.5) is 0 Å². The van der Waals surface area contributed by atoms with Crippen LogP contribution in [0.25, 0.3) is 0 Å². The van der Waals surface area contributed by atoms with Crippen LogP contribution < -0.4 is 0 Å². The van der Waals surface area contributed by atoms with Gasteiger partial charge < -0.3 is 14.9 Å². The molecule has 1 saturated heterocycles. The number of aliphatic hydroxyl groups is 1. The Bertz CT molecular complexity index is 486. The summed E-state index contributed by atoms with van der Waals surface area (Å²) in [4.78, 5) is 16.5. The summed E-state index contributed by atoms with van der Waals surface area (Å²) in [5.74, 6) is 0.401. The average Bonchev–Trinajstić information content (AvgIpc) is 2.78. The maximum atomic E-state index is 12.5. The monoisotopic (exact) mass is 292 g/mol. The van der Waals surface area contributed by atoms with E-state index >= 15 is 0 Å². The molecule has 0 radical (unpaired) electrons. The Kier molecular flexibility index (Phi) is 3.99. The molecule has 0 unspecified atom stereocenters. The molecule has 1 aromatic rings. The van der Waals surface area contributed by atoms with Crippen molar-refractivity contribution >= 4 is 5.91 Å². The van der Waals surface area contributed by atoms with E-state index < -0.39 is 5.60 Å². The molecule has 1 aliphatic heterocycles. The number of hydrogen-bond acceptors (Lipinski definition) is 4. The summed E-state index contributed by atoms with van der Waals surface area (Å²) in [6, 6.07) is 1.85. The summed E-state index contributed by atoms with van der Waals surface area (Å²) in [5.41, 5.74) is -0.948. The molecule has 2 fully saturated rings. The lowest BCUT2D eigenvalue weighted by atomic mass is 9.84. The van der Waals surface area contributed by atoms with E-state index in [1.807, 2.05) is 24.2 Å². The lowest BCUT2D eigenvalue weighted by Gasteiger charge is -2.35. The van der Waals surface area contributed by atoms with Crippen molar-refractivity contribution in [1.82, 2.24) is 19.6 Å². The van der Waals surface area contributed by atoms with Crippen LogP contribution in [0, 0.1) is 5.92 Å². The van der Waals surface area contributed by atoms with Crippen molar-refractivity contribution in [2.24, 2.45) is 5.92 Å². The zero-order chi connectivity index (χ0) is 14.9. The van der Waals surface area contributed by atoms with Gasteiger partial charge in [0.25, 0.3) is 0 Å². The number of hydrogen-bond donors (Lipinski definition) is 1. The van der Waals surface area contributed by atoms with E-state index in [1.54, 1.807) is 10.9 Å². The second-order valence-corrected chi connectivity index (χ2v) is 6.55. The zero-order valence-electron chi connectivity index (χ0n) is 12.6. The first-order valence-corrected chi connectivity index (χ1v) is 7.73. The molecule has 1 aliphatic carbocycles. The molecule has 2 aliphatic rings. The second-order valence-electron chi connectivity index (χ2n) is 6.55. The minimum Gasteiger partial charge on any atom is -0.385 e. The summed E-state index contributed by atoms with van der Waals surface area (Å²) >= 11 is 0. The Hall–Kier alpha value is -1.40. The largest absolute Gasteiger partial charge is 0.385 e. The maximum absolute atomic E-state index is 12.5. The molecule has 1 atom stereocenters. The van der Waals surface area contributed by atoms with Crippen molar-refractivity contribution in [2.45, 2.75) is 31.4 Å². The molecule has 2 heterocycles. The first kappa shape index (κ1) is 14.5. The topological polar surface area (TPSA) is 61.6 Å². The Labute approximate surface area is 125 Å². The van der Waals surface area contributed by atoms with Gasteiger partial charge in [0, 0.05) is 37.9 Å². The minimum atomic E-state index is -0.948. The highest BCUT2D eigenvalue weighted by Crippen LogP contribution is 2.29. The Morgan fingerprint density at radius 2 is 2.19 bits per heavy atom. The van der Waals surface area contributed by atoms with E-state index in [0.29, 0.717) is 26.2 Å². The van der Waals surface area contributed by atoms with E-state index in [0.717, 1.165) is 25.8 Å². The lowest BCUT2D eigenvalue weighted by molar-refractivity contribution is -0.141. The Morgan fingerprint density at radius 1 is 1.38 bits per heavy atom. The fourth-order valence-electron chi connectivity index (χ4n) is 3.25. The van der Waals surface area contributed by atoms with Gasteiger partial charge in [-0.25, -0.2) is 0 Å². The van der Waals surface area contributed by atoms with Gasteiger partial charge in [-0.3, -0.25) is 9.48 Å². The van der Waals surface area contributed by atoms with Gasteiger partial charge in [0.05, 0.1) is 13.1 Å². The van der Waals surface area contributed by atoms with E-state index in [2.05, 4.69) is 10.00 Å². The van der Waals surface area contributed by atoms with E-state index in [-0.39, 0.29) is 11.8 Å². The molecule has 1 saturated carbocycles. The number of likely N-dealkylation sites (N-methyl/N-ethyl adjacent to an activating group) is 1. The highest BCUT2D eigenvalue weighted by atomic mass is 16.3. The molecule has 1 aromatic heterocycles. The predicted octanol–water partition coefficient (Wildman–Crippen LogP) is 0.188. The van der Waals surface area contributed by atoms with Gasteiger partial charge in [-0.15, -0.1) is 0 Å². The summed E-state index contributed by atoms with van der Waals surface area (Å²) in [5, 5.41) is 15.2. The van der Waals surface area contributed by atoms with Crippen molar-refractivity contribution in [1.29, 1.82) is 0 Å². The summed E-state index contributed by atoms with van der Waals surface area (Å²) in [6.07, 6.45) is 6.72. The third-order valence-electron chi connectivity index (χ3n) is 4.58. The highest BCUT2D eigenvalue weighted by Gasteiger charge is 2.38. The molecule has 6 nitrogen and oxygen atoms in total. The number of carbonyl (C=O) groups excluding carboxylic acids is 1. The second kappa shape index (κ2) is 5.77. The molecule has 116 valence electrons. The number of amides is 1. The molecule has 21 heavy (non-hydrogen) atoms. The highest BCUT2D eigenvalue weighted by molar-refractivity contribution is 5.79. The molecular formula is C15H24N4O2. The van der Waals surface area contributed by atoms with Crippen LogP contribution in [0.15, 0.2) is 18.5 Å². The van der Waals surface area contributed by atoms with E-state index in [1.165, 1.54) is 0 Å². The fourth-order valence-corrected chi connectivity index (χ4v) is 3.25. The molecule has 6 heteroatoms. The van der Waals surface area contributed by atoms with Gasteiger partial charge >= 0.3 is 0 Å². The summed E-state index contributed by atoms with van der Waals surface area (Å²) in [6.45, 7) is 2.87. The number of rotatable bonds is 3. The first-order valence-electron chi connectivity index (χ1n) is 7.73. The van der Waals surface area contributed by atoms with Crippen molar-refractivity contribution in [3.8, 4) is 0 Å².